The van der Waals surface area contributed by atoms with Gasteiger partial charge in [0.15, 0.2) is 0 Å². The minimum atomic E-state index is 0.835. The largest absolute Gasteiger partial charge is 0.379 e. The molecule has 0 aliphatic carbocycles. The van der Waals surface area contributed by atoms with Crippen LogP contribution in [0.5, 0.6) is 0 Å². The van der Waals surface area contributed by atoms with Gasteiger partial charge < -0.3 is 9.64 Å². The van der Waals surface area contributed by atoms with Gasteiger partial charge in [-0.2, -0.15) is 0 Å². The van der Waals surface area contributed by atoms with Crippen LogP contribution in [0.15, 0.2) is 18.2 Å². The van der Waals surface area contributed by atoms with E-state index >= 15 is 0 Å². The Labute approximate surface area is 108 Å². The van der Waals surface area contributed by atoms with Crippen molar-refractivity contribution in [1.29, 1.82) is 0 Å². The molecule has 1 aromatic rings. The quantitative estimate of drug-likeness (QED) is 0.863. The second kappa shape index (κ2) is 5.26. The predicted octanol–water partition coefficient (Wildman–Crippen LogP) is 1.02. The molecule has 2 heterocycles. The van der Waals surface area contributed by atoms with E-state index in [1.54, 1.807) is 0 Å². The zero-order chi connectivity index (χ0) is 12.4. The van der Waals surface area contributed by atoms with Crippen LogP contribution >= 0.6 is 0 Å². The van der Waals surface area contributed by atoms with Crippen molar-refractivity contribution >= 4 is 5.69 Å². The predicted molar refractivity (Wildman–Crippen MR) is 72.6 cm³/mol. The van der Waals surface area contributed by atoms with E-state index in [0.717, 1.165) is 39.4 Å². The Bertz CT molecular complexity index is 416. The Morgan fingerprint density at radius 2 is 2.06 bits per heavy atom. The van der Waals surface area contributed by atoms with E-state index in [9.17, 15) is 0 Å². The molecule has 4 heteroatoms. The molecule has 3 rings (SSSR count). The fourth-order valence-corrected chi connectivity index (χ4v) is 2.65. The monoisotopic (exact) mass is 247 g/mol. The molecule has 0 saturated carbocycles. The molecule has 0 radical (unpaired) electrons. The zero-order valence-corrected chi connectivity index (χ0v) is 11.0. The first-order chi connectivity index (χ1) is 8.83. The summed E-state index contributed by atoms with van der Waals surface area (Å²) in [4.78, 5) is 2.33. The Morgan fingerprint density at radius 3 is 2.89 bits per heavy atom. The SMILES string of the molecule is CN1CCc2cc(CNN3CCOCC3)ccc21. The second-order valence-electron chi connectivity index (χ2n) is 5.07. The van der Waals surface area contributed by atoms with Crippen LogP contribution in [0.1, 0.15) is 11.1 Å². The van der Waals surface area contributed by atoms with Crippen molar-refractivity contribution in [3.05, 3.63) is 29.3 Å². The summed E-state index contributed by atoms with van der Waals surface area (Å²) >= 11 is 0. The third-order valence-corrected chi connectivity index (χ3v) is 3.79. The number of ether oxygens (including phenoxy) is 1. The number of hydrogen-bond donors (Lipinski definition) is 1. The molecule has 4 nitrogen and oxygen atoms in total. The van der Waals surface area contributed by atoms with Crippen LogP contribution in [0.4, 0.5) is 5.69 Å². The molecule has 1 N–H and O–H groups in total. The Kier molecular flexibility index (Phi) is 3.50. The van der Waals surface area contributed by atoms with Crippen LogP contribution in [0.25, 0.3) is 0 Å². The van der Waals surface area contributed by atoms with Gasteiger partial charge in [-0.3, -0.25) is 5.43 Å². The first-order valence-electron chi connectivity index (χ1n) is 6.72. The molecule has 0 amide bonds. The Morgan fingerprint density at radius 1 is 1.22 bits per heavy atom. The number of morpholine rings is 1. The number of anilines is 1. The fourth-order valence-electron chi connectivity index (χ4n) is 2.65. The van der Waals surface area contributed by atoms with Gasteiger partial charge in [0.2, 0.25) is 0 Å². The molecule has 1 saturated heterocycles. The van der Waals surface area contributed by atoms with Crippen LogP contribution in [0, 0.1) is 0 Å². The van der Waals surface area contributed by atoms with Gasteiger partial charge in [-0.15, -0.1) is 0 Å². The summed E-state index contributed by atoms with van der Waals surface area (Å²) < 4.78 is 5.34. The molecule has 18 heavy (non-hydrogen) atoms. The average molecular weight is 247 g/mol. The van der Waals surface area contributed by atoms with Gasteiger partial charge in [0.25, 0.3) is 0 Å². The summed E-state index contributed by atoms with van der Waals surface area (Å²) in [7, 11) is 2.16. The van der Waals surface area contributed by atoms with Crippen LogP contribution in [0.2, 0.25) is 0 Å². The van der Waals surface area contributed by atoms with E-state index in [4.69, 9.17) is 4.74 Å². The highest BCUT2D eigenvalue weighted by atomic mass is 16.5. The van der Waals surface area contributed by atoms with E-state index in [2.05, 4.69) is 40.6 Å². The van der Waals surface area contributed by atoms with Gasteiger partial charge in [0.1, 0.15) is 0 Å². The van der Waals surface area contributed by atoms with Crippen molar-refractivity contribution in [3.8, 4) is 0 Å². The number of likely N-dealkylation sites (N-methyl/N-ethyl adjacent to an activating group) is 1. The smallest absolute Gasteiger partial charge is 0.0608 e. The van der Waals surface area contributed by atoms with Gasteiger partial charge in [0, 0.05) is 38.9 Å². The first-order valence-corrected chi connectivity index (χ1v) is 6.72. The number of fused-ring (bicyclic) bond motifs is 1. The normalized spacial score (nSPS) is 20.2. The summed E-state index contributed by atoms with van der Waals surface area (Å²) in [6.45, 7) is 5.69. The van der Waals surface area contributed by atoms with Crippen molar-refractivity contribution in [3.63, 3.8) is 0 Å². The fraction of sp³-hybridized carbons (Fsp3) is 0.571. The molecule has 0 unspecified atom stereocenters. The van der Waals surface area contributed by atoms with E-state index in [1.165, 1.54) is 23.2 Å². The highest BCUT2D eigenvalue weighted by molar-refractivity contribution is 5.58. The summed E-state index contributed by atoms with van der Waals surface area (Å²) in [5.74, 6) is 0. The third-order valence-electron chi connectivity index (χ3n) is 3.79. The maximum atomic E-state index is 5.34. The maximum Gasteiger partial charge on any atom is 0.0608 e. The van der Waals surface area contributed by atoms with Gasteiger partial charge in [-0.1, -0.05) is 12.1 Å². The van der Waals surface area contributed by atoms with E-state index < -0.39 is 0 Å². The van der Waals surface area contributed by atoms with Crippen molar-refractivity contribution in [2.24, 2.45) is 0 Å². The van der Waals surface area contributed by atoms with E-state index in [0.29, 0.717) is 0 Å². The minimum Gasteiger partial charge on any atom is -0.379 e. The van der Waals surface area contributed by atoms with E-state index in [-0.39, 0.29) is 0 Å². The van der Waals surface area contributed by atoms with Gasteiger partial charge >= 0.3 is 0 Å². The molecule has 1 fully saturated rings. The molecule has 0 bridgehead atoms. The summed E-state index contributed by atoms with van der Waals surface area (Å²) in [6.07, 6.45) is 1.18. The maximum absolute atomic E-state index is 5.34. The molecule has 2 aliphatic heterocycles. The third kappa shape index (κ3) is 2.51. The molecular weight excluding hydrogens is 226 g/mol. The molecule has 0 aromatic heterocycles. The molecule has 98 valence electrons. The highest BCUT2D eigenvalue weighted by Crippen LogP contribution is 2.27. The minimum absolute atomic E-state index is 0.835. The lowest BCUT2D eigenvalue weighted by molar-refractivity contribution is 0.0106. The molecular formula is C14H21N3O. The molecule has 1 aromatic carbocycles. The summed E-state index contributed by atoms with van der Waals surface area (Å²) in [5, 5.41) is 2.25. The van der Waals surface area contributed by atoms with Crippen LogP contribution in [-0.4, -0.2) is 44.9 Å². The highest BCUT2D eigenvalue weighted by Gasteiger charge is 2.16. The number of nitrogens with one attached hydrogen (secondary N) is 1. The summed E-state index contributed by atoms with van der Waals surface area (Å²) in [5.41, 5.74) is 7.73. The van der Waals surface area contributed by atoms with Crippen LogP contribution in [-0.2, 0) is 17.7 Å². The van der Waals surface area contributed by atoms with Gasteiger partial charge in [-0.05, 0) is 23.6 Å². The molecule has 0 atom stereocenters. The van der Waals surface area contributed by atoms with Gasteiger partial charge in [-0.25, -0.2) is 5.01 Å². The summed E-state index contributed by atoms with van der Waals surface area (Å²) in [6, 6.07) is 6.82. The topological polar surface area (TPSA) is 27.7 Å². The average Bonchev–Trinajstić information content (AvgIpc) is 2.79. The van der Waals surface area contributed by atoms with Crippen molar-refractivity contribution in [2.45, 2.75) is 13.0 Å². The molecule has 2 aliphatic rings. The zero-order valence-electron chi connectivity index (χ0n) is 11.0. The second-order valence-corrected chi connectivity index (χ2v) is 5.07. The Balaban J connectivity index is 1.60. The van der Waals surface area contributed by atoms with Crippen molar-refractivity contribution in [1.82, 2.24) is 10.4 Å². The number of nitrogens with zero attached hydrogens (tertiary/aromatic N) is 2. The van der Waals surface area contributed by atoms with Crippen molar-refractivity contribution in [2.75, 3.05) is 44.8 Å². The standard InChI is InChI=1S/C14H21N3O/c1-16-5-4-13-10-12(2-3-14(13)16)11-15-17-6-8-18-9-7-17/h2-3,10,15H,4-9,11H2,1H3. The van der Waals surface area contributed by atoms with Crippen molar-refractivity contribution < 1.29 is 4.74 Å². The van der Waals surface area contributed by atoms with Crippen LogP contribution in [0.3, 0.4) is 0 Å². The lowest BCUT2D eigenvalue weighted by Crippen LogP contribution is -2.45. The number of hydrogen-bond acceptors (Lipinski definition) is 4. The number of benzene rings is 1. The van der Waals surface area contributed by atoms with Crippen LogP contribution < -0.4 is 10.3 Å². The van der Waals surface area contributed by atoms with E-state index in [1.807, 2.05) is 0 Å². The number of hydrazine groups is 1. The lowest BCUT2D eigenvalue weighted by atomic mass is 10.1. The number of rotatable bonds is 3. The molecule has 0 spiro atoms. The first kappa shape index (κ1) is 12.0. The van der Waals surface area contributed by atoms with Gasteiger partial charge in [0.05, 0.1) is 13.2 Å². The lowest BCUT2D eigenvalue weighted by Gasteiger charge is -2.27. The Hall–Kier alpha value is -1.10.